The Morgan fingerprint density at radius 3 is 2.65 bits per heavy atom. The monoisotopic (exact) mass is 498 g/mol. The number of fused-ring (bicyclic) bond motifs is 1. The van der Waals surface area contributed by atoms with Gasteiger partial charge in [-0.2, -0.15) is 5.10 Å². The maximum absolute atomic E-state index is 13.0. The van der Waals surface area contributed by atoms with Crippen LogP contribution in [0.2, 0.25) is 0 Å². The third-order valence-corrected chi connectivity index (χ3v) is 6.96. The van der Waals surface area contributed by atoms with Crippen molar-refractivity contribution in [3.05, 3.63) is 72.1 Å². The lowest BCUT2D eigenvalue weighted by Gasteiger charge is -2.28. The van der Waals surface area contributed by atoms with Gasteiger partial charge in [0.2, 0.25) is 5.78 Å². The molecule has 0 amide bonds. The first kappa shape index (κ1) is 23.6. The molecule has 0 atom stereocenters. The largest absolute Gasteiger partial charge is 0.449 e. The second-order valence-electron chi connectivity index (χ2n) is 9.61. The minimum atomic E-state index is -0.153. The summed E-state index contributed by atoms with van der Waals surface area (Å²) in [5.74, 6) is 1.17. The van der Waals surface area contributed by atoms with Gasteiger partial charge in [0, 0.05) is 50.2 Å². The van der Waals surface area contributed by atoms with Gasteiger partial charge in [0.25, 0.3) is 0 Å². The topological polar surface area (TPSA) is 82.6 Å². The number of allylic oxidation sites excluding steroid dienone is 2. The second kappa shape index (κ2) is 10.3. The second-order valence-corrected chi connectivity index (χ2v) is 9.61. The number of ether oxygens (including phenoxy) is 2. The van der Waals surface area contributed by atoms with E-state index in [1.165, 1.54) is 5.56 Å². The summed E-state index contributed by atoms with van der Waals surface area (Å²) in [6.45, 7) is 6.29. The number of hydrogen-bond donors (Lipinski definition) is 0. The normalized spacial score (nSPS) is 17.2. The molecule has 6 rings (SSSR count). The molecule has 0 bridgehead atoms. The van der Waals surface area contributed by atoms with Crippen LogP contribution in [0.4, 0.5) is 5.69 Å². The summed E-state index contributed by atoms with van der Waals surface area (Å²) in [7, 11) is 0. The third kappa shape index (κ3) is 5.08. The number of carbonyl (C=O) groups is 1. The lowest BCUT2D eigenvalue weighted by atomic mass is 9.99. The number of furan rings is 1. The Hall–Kier alpha value is -3.75. The number of carbonyl (C=O) groups excluding carboxylic acids is 1. The molecule has 2 aliphatic heterocycles. The third-order valence-electron chi connectivity index (χ3n) is 6.96. The minimum Gasteiger partial charge on any atom is -0.449 e. The highest BCUT2D eigenvalue weighted by Gasteiger charge is 2.22. The van der Waals surface area contributed by atoms with E-state index >= 15 is 0 Å². The number of aromatic nitrogens is 3. The average molecular weight is 499 g/mol. The zero-order chi connectivity index (χ0) is 25.2. The van der Waals surface area contributed by atoms with Crippen LogP contribution in [0.15, 0.2) is 65.2 Å². The Balaban J connectivity index is 1.36. The Morgan fingerprint density at radius 2 is 1.84 bits per heavy atom. The van der Waals surface area contributed by atoms with Crippen molar-refractivity contribution >= 4 is 22.6 Å². The average Bonchev–Trinajstić information content (AvgIpc) is 3.60. The maximum atomic E-state index is 13.0. The predicted octanol–water partition coefficient (Wildman–Crippen LogP) is 4.99. The SMILES string of the molecule is Cc1cccc(-c2ccn(-c3cc(N4CCOCC4)c4oc(C(=O)C=CC5CCOCC5)cc4n3)n2)c1. The molecule has 8 nitrogen and oxygen atoms in total. The van der Waals surface area contributed by atoms with Gasteiger partial charge in [-0.05, 0) is 43.9 Å². The molecule has 37 heavy (non-hydrogen) atoms. The molecule has 0 N–H and O–H groups in total. The van der Waals surface area contributed by atoms with Gasteiger partial charge in [-0.1, -0.05) is 29.8 Å². The van der Waals surface area contributed by atoms with Gasteiger partial charge < -0.3 is 18.8 Å². The molecule has 2 saturated heterocycles. The summed E-state index contributed by atoms with van der Waals surface area (Å²) < 4.78 is 18.9. The Morgan fingerprint density at radius 1 is 1.03 bits per heavy atom. The Kier molecular flexibility index (Phi) is 6.59. The van der Waals surface area contributed by atoms with E-state index in [2.05, 4.69) is 30.0 Å². The van der Waals surface area contributed by atoms with E-state index in [-0.39, 0.29) is 5.78 Å². The van der Waals surface area contributed by atoms with Crippen molar-refractivity contribution in [1.82, 2.24) is 14.8 Å². The number of anilines is 1. The molecule has 0 saturated carbocycles. The van der Waals surface area contributed by atoms with E-state index in [0.717, 1.165) is 56.1 Å². The molecule has 0 aliphatic carbocycles. The van der Waals surface area contributed by atoms with Gasteiger partial charge in [0.15, 0.2) is 17.2 Å². The van der Waals surface area contributed by atoms with Crippen LogP contribution in [0, 0.1) is 12.8 Å². The van der Waals surface area contributed by atoms with Gasteiger partial charge in [-0.15, -0.1) is 0 Å². The van der Waals surface area contributed by atoms with Crippen molar-refractivity contribution in [1.29, 1.82) is 0 Å². The number of ketones is 1. The summed E-state index contributed by atoms with van der Waals surface area (Å²) in [5, 5.41) is 4.80. The van der Waals surface area contributed by atoms with Gasteiger partial charge in [-0.3, -0.25) is 4.79 Å². The predicted molar refractivity (Wildman–Crippen MR) is 141 cm³/mol. The lowest BCUT2D eigenvalue weighted by molar-refractivity contribution is 0.0782. The quantitative estimate of drug-likeness (QED) is 0.274. The van der Waals surface area contributed by atoms with Crippen molar-refractivity contribution in [2.24, 2.45) is 5.92 Å². The number of aryl methyl sites for hydroxylation is 1. The fourth-order valence-corrected chi connectivity index (χ4v) is 4.89. The van der Waals surface area contributed by atoms with Gasteiger partial charge in [-0.25, -0.2) is 9.67 Å². The highest BCUT2D eigenvalue weighted by atomic mass is 16.5. The zero-order valence-electron chi connectivity index (χ0n) is 20.9. The van der Waals surface area contributed by atoms with Gasteiger partial charge >= 0.3 is 0 Å². The van der Waals surface area contributed by atoms with Gasteiger partial charge in [0.1, 0.15) is 5.52 Å². The molecular weight excluding hydrogens is 468 g/mol. The number of benzene rings is 1. The summed E-state index contributed by atoms with van der Waals surface area (Å²) >= 11 is 0. The van der Waals surface area contributed by atoms with E-state index in [9.17, 15) is 4.79 Å². The van der Waals surface area contributed by atoms with Crippen LogP contribution in [0.25, 0.3) is 28.2 Å². The molecule has 0 radical (unpaired) electrons. The number of hydrogen-bond acceptors (Lipinski definition) is 7. The first-order valence-corrected chi connectivity index (χ1v) is 12.8. The number of pyridine rings is 1. The molecule has 4 aromatic rings. The smallest absolute Gasteiger partial charge is 0.220 e. The van der Waals surface area contributed by atoms with Crippen LogP contribution in [0.5, 0.6) is 0 Å². The van der Waals surface area contributed by atoms with E-state index < -0.39 is 0 Å². The number of nitrogens with zero attached hydrogens (tertiary/aromatic N) is 4. The Bertz CT molecular complexity index is 1440. The first-order valence-electron chi connectivity index (χ1n) is 12.8. The summed E-state index contributed by atoms with van der Waals surface area (Å²) in [4.78, 5) is 20.1. The van der Waals surface area contributed by atoms with Crippen molar-refractivity contribution in [2.45, 2.75) is 19.8 Å². The van der Waals surface area contributed by atoms with Crippen LogP contribution in [-0.4, -0.2) is 60.1 Å². The van der Waals surface area contributed by atoms with Crippen molar-refractivity contribution in [3.63, 3.8) is 0 Å². The van der Waals surface area contributed by atoms with E-state index in [1.807, 2.05) is 30.5 Å². The fraction of sp³-hybridized carbons (Fsp3) is 0.345. The van der Waals surface area contributed by atoms with Crippen LogP contribution < -0.4 is 4.90 Å². The maximum Gasteiger partial charge on any atom is 0.220 e. The summed E-state index contributed by atoms with van der Waals surface area (Å²) in [6, 6.07) is 14.0. The molecule has 1 aromatic carbocycles. The molecule has 2 aliphatic rings. The lowest BCUT2D eigenvalue weighted by Crippen LogP contribution is -2.36. The molecule has 2 fully saturated rings. The molecule has 8 heteroatoms. The highest BCUT2D eigenvalue weighted by molar-refractivity contribution is 6.05. The molecule has 0 spiro atoms. The summed E-state index contributed by atoms with van der Waals surface area (Å²) in [5.41, 5.74) is 5.25. The zero-order valence-corrected chi connectivity index (χ0v) is 20.9. The van der Waals surface area contributed by atoms with Crippen LogP contribution >= 0.6 is 0 Å². The first-order chi connectivity index (χ1) is 18.1. The standard InChI is InChI=1S/C29H30N4O4/c1-20-3-2-4-22(17-20)23-7-10-33(31-23)28-19-25(32-11-15-36-16-12-32)29-24(30-28)18-27(37-29)26(34)6-5-21-8-13-35-14-9-21/h2-7,10,17-19,21H,8-9,11-16H2,1H3. The minimum absolute atomic E-state index is 0.153. The van der Waals surface area contributed by atoms with Crippen LogP contribution in [0.3, 0.4) is 0 Å². The van der Waals surface area contributed by atoms with Crippen molar-refractivity contribution in [3.8, 4) is 17.1 Å². The molecular formula is C29H30N4O4. The number of morpholine rings is 1. The molecule has 190 valence electrons. The summed E-state index contributed by atoms with van der Waals surface area (Å²) in [6.07, 6.45) is 7.40. The number of rotatable bonds is 6. The fourth-order valence-electron chi connectivity index (χ4n) is 4.89. The van der Waals surface area contributed by atoms with Crippen molar-refractivity contribution < 1.29 is 18.7 Å². The van der Waals surface area contributed by atoms with Gasteiger partial charge in [0.05, 0.1) is 24.6 Å². The van der Waals surface area contributed by atoms with Crippen molar-refractivity contribution in [2.75, 3.05) is 44.4 Å². The van der Waals surface area contributed by atoms with E-state index in [4.69, 9.17) is 24.0 Å². The molecule has 0 unspecified atom stereocenters. The highest BCUT2D eigenvalue weighted by Crippen LogP contribution is 2.32. The Labute approximate surface area is 215 Å². The van der Waals surface area contributed by atoms with E-state index in [0.29, 0.717) is 41.8 Å². The molecule has 3 aromatic heterocycles. The van der Waals surface area contributed by atoms with Crippen LogP contribution in [0.1, 0.15) is 29.0 Å². The molecule has 5 heterocycles. The van der Waals surface area contributed by atoms with E-state index in [1.54, 1.807) is 16.8 Å². The van der Waals surface area contributed by atoms with Crippen LogP contribution in [-0.2, 0) is 9.47 Å².